The molecule has 0 saturated heterocycles. The van der Waals surface area contributed by atoms with Crippen LogP contribution in [0.25, 0.3) is 10.2 Å². The van der Waals surface area contributed by atoms with Gasteiger partial charge < -0.3 is 5.32 Å². The van der Waals surface area contributed by atoms with Crippen molar-refractivity contribution in [3.8, 4) is 0 Å². The van der Waals surface area contributed by atoms with Crippen molar-refractivity contribution in [1.29, 1.82) is 0 Å². The molecule has 0 unspecified atom stereocenters. The van der Waals surface area contributed by atoms with E-state index in [2.05, 4.69) is 29.1 Å². The zero-order valence-corrected chi connectivity index (χ0v) is 11.7. The number of hydrogen-bond acceptors (Lipinski definition) is 4. The fourth-order valence-corrected chi connectivity index (χ4v) is 2.82. The minimum absolute atomic E-state index is 0.539. The van der Waals surface area contributed by atoms with Gasteiger partial charge in [0.1, 0.15) is 9.98 Å². The molecule has 0 fully saturated rings. The van der Waals surface area contributed by atoms with Crippen molar-refractivity contribution in [2.45, 2.75) is 33.1 Å². The molecule has 2 aromatic heterocycles. The molecule has 0 bridgehead atoms. The molecule has 0 saturated carbocycles. The number of fused-ring (bicyclic) bond motifs is 1. The van der Waals surface area contributed by atoms with Gasteiger partial charge in [-0.05, 0) is 19.4 Å². The Morgan fingerprint density at radius 3 is 2.94 bits per heavy atom. The van der Waals surface area contributed by atoms with E-state index in [-0.39, 0.29) is 0 Å². The number of aryl methyl sites for hydroxylation is 1. The summed E-state index contributed by atoms with van der Waals surface area (Å²) in [6.45, 7) is 5.14. The van der Waals surface area contributed by atoms with E-state index in [0.717, 1.165) is 23.2 Å². The Labute approximate surface area is 110 Å². The van der Waals surface area contributed by atoms with Crippen molar-refractivity contribution in [1.82, 2.24) is 9.97 Å². The van der Waals surface area contributed by atoms with Crippen molar-refractivity contribution in [2.24, 2.45) is 0 Å². The molecule has 2 rings (SSSR count). The van der Waals surface area contributed by atoms with Gasteiger partial charge in [0.25, 0.3) is 0 Å². The maximum atomic E-state index is 6.13. The van der Waals surface area contributed by atoms with Crippen LogP contribution in [0.3, 0.4) is 0 Å². The van der Waals surface area contributed by atoms with E-state index in [9.17, 15) is 0 Å². The number of aromatic nitrogens is 2. The van der Waals surface area contributed by atoms with E-state index in [4.69, 9.17) is 11.6 Å². The van der Waals surface area contributed by atoms with Crippen LogP contribution in [0.5, 0.6) is 0 Å². The fourth-order valence-electron chi connectivity index (χ4n) is 1.66. The SMILES string of the molecule is CCCCCNc1nc(Cl)c2cc(C)sc2n1. The first-order valence-corrected chi connectivity index (χ1v) is 7.07. The molecule has 0 aliphatic heterocycles. The van der Waals surface area contributed by atoms with E-state index < -0.39 is 0 Å². The second kappa shape index (κ2) is 5.65. The number of nitrogens with one attached hydrogen (secondary N) is 1. The van der Waals surface area contributed by atoms with Gasteiger partial charge in [-0.2, -0.15) is 0 Å². The molecule has 5 heteroatoms. The highest BCUT2D eigenvalue weighted by Gasteiger charge is 2.08. The molecule has 2 heterocycles. The Kier molecular flexibility index (Phi) is 4.18. The average molecular weight is 270 g/mol. The third-order valence-corrected chi connectivity index (χ3v) is 3.77. The minimum Gasteiger partial charge on any atom is -0.354 e. The van der Waals surface area contributed by atoms with Crippen LogP contribution in [-0.4, -0.2) is 16.5 Å². The maximum absolute atomic E-state index is 6.13. The van der Waals surface area contributed by atoms with Gasteiger partial charge in [0.05, 0.1) is 0 Å². The molecule has 1 N–H and O–H groups in total. The van der Waals surface area contributed by atoms with Gasteiger partial charge in [0.15, 0.2) is 0 Å². The minimum atomic E-state index is 0.539. The van der Waals surface area contributed by atoms with Gasteiger partial charge in [-0.25, -0.2) is 9.97 Å². The summed E-state index contributed by atoms with van der Waals surface area (Å²) >= 11 is 7.78. The van der Waals surface area contributed by atoms with Crippen LogP contribution in [0, 0.1) is 6.92 Å². The highest BCUT2D eigenvalue weighted by atomic mass is 35.5. The summed E-state index contributed by atoms with van der Waals surface area (Å²) in [7, 11) is 0. The Balaban J connectivity index is 2.13. The van der Waals surface area contributed by atoms with Crippen LogP contribution < -0.4 is 5.32 Å². The number of halogens is 1. The summed E-state index contributed by atoms with van der Waals surface area (Å²) in [5, 5.41) is 4.71. The van der Waals surface area contributed by atoms with Gasteiger partial charge in [-0.1, -0.05) is 31.4 Å². The lowest BCUT2D eigenvalue weighted by molar-refractivity contribution is 0.741. The van der Waals surface area contributed by atoms with Crippen LogP contribution >= 0.6 is 22.9 Å². The smallest absolute Gasteiger partial charge is 0.225 e. The molecule has 2 aromatic rings. The van der Waals surface area contributed by atoms with Gasteiger partial charge >= 0.3 is 0 Å². The molecule has 0 amide bonds. The molecule has 0 aliphatic carbocycles. The third-order valence-electron chi connectivity index (χ3n) is 2.53. The van der Waals surface area contributed by atoms with Gasteiger partial charge in [-0.3, -0.25) is 0 Å². The Hall–Kier alpha value is -0.870. The molecule has 17 heavy (non-hydrogen) atoms. The predicted octanol–water partition coefficient (Wildman–Crippen LogP) is 4.26. The topological polar surface area (TPSA) is 37.8 Å². The number of rotatable bonds is 5. The van der Waals surface area contributed by atoms with Crippen molar-refractivity contribution < 1.29 is 0 Å². The average Bonchev–Trinajstić information content (AvgIpc) is 2.66. The first-order chi connectivity index (χ1) is 8.20. The molecule has 92 valence electrons. The first kappa shape index (κ1) is 12.6. The van der Waals surface area contributed by atoms with Crippen LogP contribution in [0.2, 0.25) is 5.15 Å². The maximum Gasteiger partial charge on any atom is 0.225 e. The largest absolute Gasteiger partial charge is 0.354 e. The van der Waals surface area contributed by atoms with Gasteiger partial charge in [-0.15, -0.1) is 11.3 Å². The number of thiophene rings is 1. The van der Waals surface area contributed by atoms with Crippen LogP contribution in [-0.2, 0) is 0 Å². The van der Waals surface area contributed by atoms with Crippen molar-refractivity contribution >= 4 is 39.1 Å². The monoisotopic (exact) mass is 269 g/mol. The Morgan fingerprint density at radius 1 is 1.35 bits per heavy atom. The predicted molar refractivity (Wildman–Crippen MR) is 75.2 cm³/mol. The lowest BCUT2D eigenvalue weighted by Gasteiger charge is -2.04. The lowest BCUT2D eigenvalue weighted by atomic mass is 10.2. The zero-order valence-electron chi connectivity index (χ0n) is 10.1. The molecule has 0 atom stereocenters. The van der Waals surface area contributed by atoms with E-state index >= 15 is 0 Å². The van der Waals surface area contributed by atoms with Gasteiger partial charge in [0, 0.05) is 16.8 Å². The molecule has 0 radical (unpaired) electrons. The van der Waals surface area contributed by atoms with E-state index in [1.165, 1.54) is 17.7 Å². The summed E-state index contributed by atoms with van der Waals surface area (Å²) in [6.07, 6.45) is 3.58. The molecule has 0 spiro atoms. The molecule has 0 aromatic carbocycles. The Bertz CT molecular complexity index is 510. The third kappa shape index (κ3) is 3.07. The summed E-state index contributed by atoms with van der Waals surface area (Å²) in [4.78, 5) is 10.9. The van der Waals surface area contributed by atoms with E-state index in [1.54, 1.807) is 11.3 Å². The molecule has 0 aliphatic rings. The molecular weight excluding hydrogens is 254 g/mol. The van der Waals surface area contributed by atoms with Gasteiger partial charge in [0.2, 0.25) is 5.95 Å². The van der Waals surface area contributed by atoms with Crippen molar-refractivity contribution in [3.05, 3.63) is 16.1 Å². The normalized spacial score (nSPS) is 11.0. The van der Waals surface area contributed by atoms with E-state index in [1.807, 2.05) is 6.07 Å². The lowest BCUT2D eigenvalue weighted by Crippen LogP contribution is -2.05. The second-order valence-corrected chi connectivity index (χ2v) is 5.64. The number of unbranched alkanes of at least 4 members (excludes halogenated alkanes) is 2. The summed E-state index contributed by atoms with van der Waals surface area (Å²) in [5.41, 5.74) is 0. The zero-order chi connectivity index (χ0) is 12.3. The van der Waals surface area contributed by atoms with Crippen molar-refractivity contribution in [3.63, 3.8) is 0 Å². The first-order valence-electron chi connectivity index (χ1n) is 5.88. The number of nitrogens with zero attached hydrogens (tertiary/aromatic N) is 2. The number of hydrogen-bond donors (Lipinski definition) is 1. The summed E-state index contributed by atoms with van der Waals surface area (Å²) < 4.78 is 0. The summed E-state index contributed by atoms with van der Waals surface area (Å²) in [5.74, 6) is 0.639. The van der Waals surface area contributed by atoms with Crippen LogP contribution in [0.15, 0.2) is 6.07 Å². The van der Waals surface area contributed by atoms with E-state index in [0.29, 0.717) is 11.1 Å². The second-order valence-electron chi connectivity index (χ2n) is 4.05. The molecule has 3 nitrogen and oxygen atoms in total. The quantitative estimate of drug-likeness (QED) is 0.651. The highest BCUT2D eigenvalue weighted by molar-refractivity contribution is 7.18. The number of anilines is 1. The highest BCUT2D eigenvalue weighted by Crippen LogP contribution is 2.29. The Morgan fingerprint density at radius 2 is 2.18 bits per heavy atom. The fraction of sp³-hybridized carbons (Fsp3) is 0.500. The summed E-state index contributed by atoms with van der Waals surface area (Å²) in [6, 6.07) is 2.03. The standard InChI is InChI=1S/C12H16ClN3S/c1-3-4-5-6-14-12-15-10(13)9-7-8(2)17-11(9)16-12/h7H,3-6H2,1-2H3,(H,14,15,16). The van der Waals surface area contributed by atoms with Crippen LogP contribution in [0.4, 0.5) is 5.95 Å². The van der Waals surface area contributed by atoms with Crippen molar-refractivity contribution in [2.75, 3.05) is 11.9 Å². The molecular formula is C12H16ClN3S. The van der Waals surface area contributed by atoms with Crippen LogP contribution in [0.1, 0.15) is 31.1 Å².